The minimum Gasteiger partial charge on any atom is -0.494 e. The van der Waals surface area contributed by atoms with Crippen LogP contribution in [0.1, 0.15) is 48.3 Å². The minimum atomic E-state index is -4.13. The van der Waals surface area contributed by atoms with Gasteiger partial charge < -0.3 is 13.7 Å². The Morgan fingerprint density at radius 2 is 1.16 bits per heavy atom. The Balaban J connectivity index is 1.41. The van der Waals surface area contributed by atoms with Crippen LogP contribution in [0.15, 0.2) is 194 Å². The molecule has 0 bridgehead atoms. The van der Waals surface area contributed by atoms with Gasteiger partial charge in [0.2, 0.25) is 5.70 Å². The van der Waals surface area contributed by atoms with Crippen molar-refractivity contribution in [1.29, 1.82) is 5.26 Å². The number of hydrogen-bond acceptors (Lipinski definition) is 8. The highest BCUT2D eigenvalue weighted by Crippen LogP contribution is 2.38. The SMILES string of the molecule is [C-]#[N+]/C(c1nc2ccccc2s1)=c1\c2c(C(C)C)n(B(c3ccccc3)c3ccccc3)/c(=C(/C#N)c3nc4ccccc4s3)c2c(-c2cccc(OCCCCS(=O)(=O)O)c2)n1B(c1ccccc1)c1ccccc1. The molecule has 1 N–H and O–H groups in total. The van der Waals surface area contributed by atoms with Crippen molar-refractivity contribution in [3.63, 3.8) is 0 Å². The summed E-state index contributed by atoms with van der Waals surface area (Å²) in [7, 11) is -4.13. The summed E-state index contributed by atoms with van der Waals surface area (Å²) >= 11 is 2.96. The predicted octanol–water partition coefficient (Wildman–Crippen LogP) is 9.61. The van der Waals surface area contributed by atoms with Crippen LogP contribution in [-0.4, -0.2) is 57.9 Å². The Kier molecular flexibility index (Phi) is 14.1. The van der Waals surface area contributed by atoms with Crippen LogP contribution in [0.2, 0.25) is 0 Å². The number of fused-ring (bicyclic) bond motifs is 3. The highest BCUT2D eigenvalue weighted by Gasteiger charge is 2.37. The first-order valence-corrected chi connectivity index (χ1v) is 28.3. The fourth-order valence-corrected chi connectivity index (χ4v) is 13.0. The van der Waals surface area contributed by atoms with Crippen molar-refractivity contribution in [2.45, 2.75) is 32.6 Å². The van der Waals surface area contributed by atoms with E-state index in [1.807, 2.05) is 146 Å². The van der Waals surface area contributed by atoms with Gasteiger partial charge in [0, 0.05) is 33.1 Å². The largest absolute Gasteiger partial charge is 0.494 e. The molecule has 0 aliphatic rings. The highest BCUT2D eigenvalue weighted by molar-refractivity contribution is 7.85. The first-order valence-electron chi connectivity index (χ1n) is 25.1. The van der Waals surface area contributed by atoms with Gasteiger partial charge in [0.05, 0.1) is 44.7 Å². The average Bonchev–Trinajstić information content (AvgIpc) is 4.43. The lowest BCUT2D eigenvalue weighted by atomic mass is 9.50. The van der Waals surface area contributed by atoms with Crippen molar-refractivity contribution in [3.8, 4) is 23.1 Å². The second-order valence-electron chi connectivity index (χ2n) is 18.8. The van der Waals surface area contributed by atoms with E-state index in [9.17, 15) is 24.8 Å². The summed E-state index contributed by atoms with van der Waals surface area (Å²) in [6.45, 7) is 13.0. The summed E-state index contributed by atoms with van der Waals surface area (Å²) in [4.78, 5) is 15.0. The number of rotatable bonds is 16. The molecule has 0 saturated heterocycles. The zero-order valence-electron chi connectivity index (χ0n) is 41.6. The van der Waals surface area contributed by atoms with Crippen LogP contribution in [0.3, 0.4) is 0 Å². The lowest BCUT2D eigenvalue weighted by Gasteiger charge is -2.25. The molecule has 0 aliphatic heterocycles. The summed E-state index contributed by atoms with van der Waals surface area (Å²) in [5.74, 6) is -0.0252. The Morgan fingerprint density at radius 1 is 0.658 bits per heavy atom. The van der Waals surface area contributed by atoms with Gasteiger partial charge in [0.1, 0.15) is 27.4 Å². The molecule has 370 valence electrons. The van der Waals surface area contributed by atoms with E-state index >= 15 is 0 Å². The van der Waals surface area contributed by atoms with Crippen molar-refractivity contribution in [2.75, 3.05) is 12.4 Å². The molecule has 0 atom stereocenters. The standard InChI is InChI=1S/C61H48B2N6O4S3/c1-41(2)56-53-54(58(48(40-64)60-66-49-33-16-18-35-51(49)74-60)68(56)62(43-24-8-4-9-25-43)44-26-10-5-11-27-44)57(42-23-22-32-47(39-42)73-37-20-21-38-76(70,71)72)69(63(45-28-12-6-13-29-45)46-30-14-7-15-31-46)59(53)55(65-3)61-67-50-34-17-19-36-52(50)75-61/h4-19,22-36,39,41H,20-21,37-38H2,1-2H3,(H,70,71,72)/b58-48-,59-55+. The molecule has 0 spiro atoms. The van der Waals surface area contributed by atoms with Gasteiger partial charge in [-0.2, -0.15) is 13.7 Å². The smallest absolute Gasteiger partial charge is 0.327 e. The van der Waals surface area contributed by atoms with E-state index in [1.54, 1.807) is 0 Å². The number of benzene rings is 7. The minimum absolute atomic E-state index is 0.198. The van der Waals surface area contributed by atoms with Crippen molar-refractivity contribution in [3.05, 3.63) is 232 Å². The zero-order valence-corrected chi connectivity index (χ0v) is 44.1. The molecule has 0 saturated carbocycles. The maximum Gasteiger partial charge on any atom is 0.327 e. The third-order valence-corrected chi connectivity index (χ3v) is 16.5. The van der Waals surface area contributed by atoms with E-state index in [2.05, 4.69) is 82.2 Å². The third-order valence-electron chi connectivity index (χ3n) is 13.6. The summed E-state index contributed by atoms with van der Waals surface area (Å²) in [6.07, 6.45) is 0.609. The van der Waals surface area contributed by atoms with Crippen LogP contribution < -0.4 is 37.3 Å². The normalized spacial score (nSPS) is 12.4. The van der Waals surface area contributed by atoms with Gasteiger partial charge >= 0.3 is 13.7 Å². The zero-order chi connectivity index (χ0) is 52.3. The number of nitrogens with zero attached hydrogens (tertiary/aromatic N) is 6. The number of unbranched alkanes of at least 4 members (excludes halogenated alkanes) is 1. The van der Waals surface area contributed by atoms with Gasteiger partial charge in [-0.1, -0.05) is 193 Å². The highest BCUT2D eigenvalue weighted by atomic mass is 32.2. The monoisotopic (exact) mass is 1050 g/mol. The molecule has 4 aromatic heterocycles. The van der Waals surface area contributed by atoms with E-state index in [0.29, 0.717) is 44.2 Å². The van der Waals surface area contributed by atoms with E-state index in [-0.39, 0.29) is 24.7 Å². The number of thiazole rings is 2. The third kappa shape index (κ3) is 9.66. The first kappa shape index (κ1) is 49.9. The topological polar surface area (TPSA) is 127 Å². The van der Waals surface area contributed by atoms with E-state index in [0.717, 1.165) is 70.0 Å². The molecule has 0 aliphatic carbocycles. The molecule has 76 heavy (non-hydrogen) atoms. The summed E-state index contributed by atoms with van der Waals surface area (Å²) in [6, 6.07) is 68.0. The average molecular weight is 1050 g/mol. The number of ether oxygens (including phenoxy) is 1. The van der Waals surface area contributed by atoms with E-state index in [1.165, 1.54) is 22.7 Å². The van der Waals surface area contributed by atoms with Gasteiger partial charge in [-0.3, -0.25) is 4.55 Å². The van der Waals surface area contributed by atoms with Gasteiger partial charge in [-0.25, -0.2) is 14.8 Å². The fraction of sp³-hybridized carbons (Fsp3) is 0.115. The molecule has 0 unspecified atom stereocenters. The molecule has 11 aromatic rings. The van der Waals surface area contributed by atoms with Crippen molar-refractivity contribution in [2.24, 2.45) is 0 Å². The lowest BCUT2D eigenvalue weighted by Crippen LogP contribution is -2.54. The Bertz CT molecular complexity index is 4020. The second kappa shape index (κ2) is 21.5. The Morgan fingerprint density at radius 3 is 1.66 bits per heavy atom. The Hall–Kier alpha value is -8.30. The Labute approximate surface area is 449 Å². The molecule has 10 nitrogen and oxygen atoms in total. The quantitative estimate of drug-likeness (QED) is 0.0442. The molecule has 0 fully saturated rings. The predicted molar refractivity (Wildman–Crippen MR) is 313 cm³/mol. The molecule has 0 amide bonds. The first-order chi connectivity index (χ1) is 37.1. The molecule has 4 heterocycles. The molecule has 7 aromatic carbocycles. The van der Waals surface area contributed by atoms with Crippen LogP contribution in [0.4, 0.5) is 0 Å². The molecule has 15 heteroatoms. The van der Waals surface area contributed by atoms with Gasteiger partial charge in [-0.05, 0) is 55.2 Å². The maximum absolute atomic E-state index is 12.1. The number of para-hydroxylation sites is 2. The molecular formula is C61H48B2N6O4S3. The lowest BCUT2D eigenvalue weighted by molar-refractivity contribution is 0.309. The number of hydrogen-bond donors (Lipinski definition) is 1. The van der Waals surface area contributed by atoms with Crippen molar-refractivity contribution < 1.29 is 17.7 Å². The summed E-state index contributed by atoms with van der Waals surface area (Å²) in [5.41, 5.74) is 8.67. The van der Waals surface area contributed by atoms with E-state index in [4.69, 9.17) is 14.7 Å². The van der Waals surface area contributed by atoms with Gasteiger partial charge in [-0.15, -0.1) is 22.7 Å². The molecule has 11 rings (SSSR count). The summed E-state index contributed by atoms with van der Waals surface area (Å²) in [5, 5.41) is 16.1. The van der Waals surface area contributed by atoms with Gasteiger partial charge in [0.25, 0.3) is 10.1 Å². The van der Waals surface area contributed by atoms with Crippen LogP contribution in [0, 0.1) is 17.9 Å². The number of nitriles is 1. The van der Waals surface area contributed by atoms with Crippen LogP contribution in [-0.2, 0) is 10.1 Å². The van der Waals surface area contributed by atoms with Crippen molar-refractivity contribution in [1.82, 2.24) is 18.9 Å². The van der Waals surface area contributed by atoms with Crippen molar-refractivity contribution >= 4 is 111 Å². The summed E-state index contributed by atoms with van der Waals surface area (Å²) < 4.78 is 45.8. The van der Waals surface area contributed by atoms with E-state index < -0.39 is 23.8 Å². The molecular weight excluding hydrogens is 999 g/mol. The van der Waals surface area contributed by atoms with Crippen LogP contribution in [0.25, 0.3) is 58.6 Å². The molecule has 0 radical (unpaired) electrons. The fourth-order valence-electron chi connectivity index (χ4n) is 10.5. The van der Waals surface area contributed by atoms with Gasteiger partial charge in [0.15, 0.2) is 0 Å². The van der Waals surface area contributed by atoms with Crippen LogP contribution >= 0.6 is 22.7 Å². The number of aromatic nitrogens is 4. The van der Waals surface area contributed by atoms with Crippen LogP contribution in [0.5, 0.6) is 5.75 Å². The maximum atomic E-state index is 12.1. The second-order valence-corrected chi connectivity index (χ2v) is 22.4.